The van der Waals surface area contributed by atoms with Crippen molar-refractivity contribution in [1.29, 1.82) is 0 Å². The van der Waals surface area contributed by atoms with Crippen molar-refractivity contribution in [2.75, 3.05) is 19.8 Å². The third-order valence-corrected chi connectivity index (χ3v) is 9.25. The highest BCUT2D eigenvalue weighted by Gasteiger charge is 2.53. The molecule has 6 atom stereocenters. The quantitative estimate of drug-likeness (QED) is 0.131. The maximum absolute atomic E-state index is 13.8. The highest BCUT2D eigenvalue weighted by molar-refractivity contribution is 5.88. The molecule has 0 bridgehead atoms. The summed E-state index contributed by atoms with van der Waals surface area (Å²) in [6.45, 7) is 4.94. The molecule has 1 aromatic carbocycles. The van der Waals surface area contributed by atoms with Crippen LogP contribution in [0.4, 0.5) is 4.79 Å². The van der Waals surface area contributed by atoms with Crippen LogP contribution in [-0.4, -0.2) is 96.0 Å². The fourth-order valence-corrected chi connectivity index (χ4v) is 6.93. The van der Waals surface area contributed by atoms with Gasteiger partial charge in [0.25, 0.3) is 5.56 Å². The highest BCUT2D eigenvalue weighted by atomic mass is 16.7. The molecule has 0 aliphatic carbocycles. The lowest BCUT2D eigenvalue weighted by atomic mass is 9.85. The molecule has 3 aromatic rings. The molecule has 1 amide bonds. The Hall–Kier alpha value is -5.88. The van der Waals surface area contributed by atoms with E-state index in [4.69, 9.17) is 42.9 Å². The Morgan fingerprint density at radius 1 is 0.927 bits per heavy atom. The predicted octanol–water partition coefficient (Wildman–Crippen LogP) is 1.91. The number of ether oxygens (including phenoxy) is 8. The Kier molecular flexibility index (Phi) is 11.2. The van der Waals surface area contributed by atoms with Crippen LogP contribution in [0.5, 0.6) is 0 Å². The number of fused-ring (bicyclic) bond motifs is 5. The normalized spacial score (nSPS) is 23.7. The van der Waals surface area contributed by atoms with Crippen molar-refractivity contribution < 1.29 is 66.7 Å². The van der Waals surface area contributed by atoms with E-state index in [2.05, 4.69) is 5.32 Å². The first-order valence-corrected chi connectivity index (χ1v) is 17.4. The van der Waals surface area contributed by atoms with Crippen molar-refractivity contribution in [1.82, 2.24) is 14.9 Å². The van der Waals surface area contributed by atoms with E-state index in [0.29, 0.717) is 11.4 Å². The summed E-state index contributed by atoms with van der Waals surface area (Å²) < 4.78 is 45.6. The molecule has 0 radical (unpaired) electrons. The van der Waals surface area contributed by atoms with E-state index < -0.39 is 84.4 Å². The van der Waals surface area contributed by atoms with Crippen LogP contribution in [0.2, 0.25) is 0 Å². The molecule has 292 valence electrons. The third kappa shape index (κ3) is 7.86. The zero-order chi connectivity index (χ0) is 39.6. The number of amides is 1. The summed E-state index contributed by atoms with van der Waals surface area (Å²) in [4.78, 5) is 93.2. The molecule has 3 aliphatic heterocycles. The van der Waals surface area contributed by atoms with E-state index in [1.54, 1.807) is 17.6 Å². The van der Waals surface area contributed by atoms with Gasteiger partial charge in [0.05, 0.1) is 35.6 Å². The topological polar surface area (TPSA) is 223 Å². The van der Waals surface area contributed by atoms with Gasteiger partial charge < -0.3 is 47.8 Å². The standard InChI is InChI=1S/C37H39N3O15/c1-6-37(25-14-27-29-23(13-22-9-7-8-10-26(22)39-29)15-40(27)33(45)24(25)16-50-35(37)46)55-36(47)38-11-12-48-34-32(53-21(5)44)31(52-20(4)43)30(51-19(3)42)28(54-34)17-49-18(2)41/h7-10,13-14,28,30-32,34H,6,11-12,15-17H2,1-5H3,(H,38,47)/t28-,30-,31+,32+,34-,37+/m1/s1. The maximum atomic E-state index is 13.8. The van der Waals surface area contributed by atoms with E-state index in [0.717, 1.165) is 44.2 Å². The first-order chi connectivity index (χ1) is 26.2. The number of nitrogens with zero attached hydrogens (tertiary/aromatic N) is 2. The number of hydrogen-bond donors (Lipinski definition) is 1. The third-order valence-electron chi connectivity index (χ3n) is 9.25. The smallest absolute Gasteiger partial charge is 0.408 e. The lowest BCUT2D eigenvalue weighted by molar-refractivity contribution is -0.307. The van der Waals surface area contributed by atoms with Crippen molar-refractivity contribution in [2.24, 2.45) is 0 Å². The Labute approximate surface area is 313 Å². The number of pyridine rings is 2. The Morgan fingerprint density at radius 2 is 1.62 bits per heavy atom. The van der Waals surface area contributed by atoms with E-state index in [1.807, 2.05) is 30.3 Å². The maximum Gasteiger partial charge on any atom is 0.408 e. The van der Waals surface area contributed by atoms with Gasteiger partial charge in [0, 0.05) is 50.8 Å². The second-order valence-electron chi connectivity index (χ2n) is 13.0. The minimum atomic E-state index is -1.98. The molecule has 2 aromatic heterocycles. The van der Waals surface area contributed by atoms with Crippen LogP contribution in [0.1, 0.15) is 57.7 Å². The summed E-state index contributed by atoms with van der Waals surface area (Å²) in [5.41, 5.74) is 0.571. The van der Waals surface area contributed by atoms with Crippen LogP contribution in [0, 0.1) is 0 Å². The second kappa shape index (κ2) is 15.8. The molecule has 18 heteroatoms. The second-order valence-corrected chi connectivity index (χ2v) is 13.0. The minimum absolute atomic E-state index is 0.0750. The highest BCUT2D eigenvalue weighted by Crippen LogP contribution is 2.41. The van der Waals surface area contributed by atoms with E-state index in [9.17, 15) is 33.6 Å². The van der Waals surface area contributed by atoms with Crippen LogP contribution in [0.25, 0.3) is 22.3 Å². The van der Waals surface area contributed by atoms with Crippen molar-refractivity contribution in [3.8, 4) is 11.4 Å². The number of carbonyl (C=O) groups is 6. The molecule has 18 nitrogen and oxygen atoms in total. The number of para-hydroxylation sites is 1. The van der Waals surface area contributed by atoms with Crippen LogP contribution >= 0.6 is 0 Å². The van der Waals surface area contributed by atoms with Gasteiger partial charge in [0.1, 0.15) is 19.3 Å². The first-order valence-electron chi connectivity index (χ1n) is 17.4. The summed E-state index contributed by atoms with van der Waals surface area (Å²) in [6.07, 6.45) is -8.14. The number of esters is 5. The number of aromatic nitrogens is 2. The van der Waals surface area contributed by atoms with Gasteiger partial charge >= 0.3 is 35.9 Å². The fraction of sp³-hybridized carbons (Fsp3) is 0.459. The first kappa shape index (κ1) is 38.8. The van der Waals surface area contributed by atoms with Gasteiger partial charge in [-0.1, -0.05) is 25.1 Å². The summed E-state index contributed by atoms with van der Waals surface area (Å²) >= 11 is 0. The predicted molar refractivity (Wildman–Crippen MR) is 185 cm³/mol. The van der Waals surface area contributed by atoms with E-state index >= 15 is 0 Å². The van der Waals surface area contributed by atoms with Gasteiger partial charge in [-0.15, -0.1) is 0 Å². The molecule has 3 aliphatic rings. The number of hydrogen-bond acceptors (Lipinski definition) is 16. The molecule has 1 N–H and O–H groups in total. The van der Waals surface area contributed by atoms with Gasteiger partial charge in [-0.2, -0.15) is 0 Å². The lowest BCUT2D eigenvalue weighted by Crippen LogP contribution is -2.63. The largest absolute Gasteiger partial charge is 0.463 e. The summed E-state index contributed by atoms with van der Waals surface area (Å²) in [5.74, 6) is -3.97. The average molecular weight is 766 g/mol. The van der Waals surface area contributed by atoms with Crippen molar-refractivity contribution in [3.05, 3.63) is 63.4 Å². The zero-order valence-electron chi connectivity index (χ0n) is 30.6. The summed E-state index contributed by atoms with van der Waals surface area (Å²) in [6, 6.07) is 11.1. The molecule has 0 saturated carbocycles. The lowest BCUT2D eigenvalue weighted by Gasteiger charge is -2.44. The summed E-state index contributed by atoms with van der Waals surface area (Å²) in [7, 11) is 0. The number of rotatable bonds is 11. The SMILES string of the molecule is CC[C@@]1(OC(=O)NCCO[C@@H]2O[C@H](COC(C)=O)[C@@H](OC(C)=O)[C@H](OC(C)=O)[C@@H]2OC(C)=O)C(=O)OCc2c1cc1n(c2=O)Cc2cc3ccccc3nc2-1. The van der Waals surface area contributed by atoms with Crippen LogP contribution in [0.3, 0.4) is 0 Å². The average Bonchev–Trinajstić information content (AvgIpc) is 3.48. The number of nitrogens with one attached hydrogen (secondary N) is 1. The van der Waals surface area contributed by atoms with Gasteiger partial charge in [-0.05, 0) is 24.6 Å². The molecular weight excluding hydrogens is 726 g/mol. The van der Waals surface area contributed by atoms with Crippen molar-refractivity contribution >= 4 is 46.8 Å². The van der Waals surface area contributed by atoms with Crippen LogP contribution < -0.4 is 10.9 Å². The van der Waals surface area contributed by atoms with Gasteiger partial charge in [0.2, 0.25) is 5.60 Å². The van der Waals surface area contributed by atoms with Gasteiger partial charge in [-0.25, -0.2) is 14.6 Å². The monoisotopic (exact) mass is 765 g/mol. The van der Waals surface area contributed by atoms with Crippen LogP contribution in [-0.2, 0) is 80.6 Å². The number of benzene rings is 1. The Bertz CT molecular complexity index is 2110. The van der Waals surface area contributed by atoms with Gasteiger partial charge in [-0.3, -0.25) is 24.0 Å². The molecule has 0 unspecified atom stereocenters. The Balaban J connectivity index is 1.19. The zero-order valence-corrected chi connectivity index (χ0v) is 30.6. The van der Waals surface area contributed by atoms with E-state index in [-0.39, 0.29) is 43.9 Å². The minimum Gasteiger partial charge on any atom is -0.463 e. The molecule has 1 fully saturated rings. The van der Waals surface area contributed by atoms with Crippen molar-refractivity contribution in [2.45, 2.75) is 90.5 Å². The number of cyclic esters (lactones) is 1. The molecular formula is C37H39N3O15. The number of alkyl carbamates (subject to hydrolysis) is 1. The van der Waals surface area contributed by atoms with Crippen molar-refractivity contribution in [3.63, 3.8) is 0 Å². The summed E-state index contributed by atoms with van der Waals surface area (Å²) in [5, 5.41) is 3.40. The molecule has 55 heavy (non-hydrogen) atoms. The van der Waals surface area contributed by atoms with E-state index in [1.165, 1.54) is 0 Å². The molecule has 1 saturated heterocycles. The fourth-order valence-electron chi connectivity index (χ4n) is 6.93. The number of carbonyl (C=O) groups excluding carboxylic acids is 6. The Morgan fingerprint density at radius 3 is 2.31 bits per heavy atom. The van der Waals surface area contributed by atoms with Gasteiger partial charge in [0.15, 0.2) is 24.6 Å². The molecule has 0 spiro atoms. The van der Waals surface area contributed by atoms with Crippen LogP contribution in [0.15, 0.2) is 41.2 Å². The molecule has 6 rings (SSSR count). The molecule has 5 heterocycles.